The second-order valence-corrected chi connectivity index (χ2v) is 5.87. The molecule has 0 saturated heterocycles. The average Bonchev–Trinajstić information content (AvgIpc) is 3.00. The van der Waals surface area contributed by atoms with Crippen molar-refractivity contribution in [2.75, 3.05) is 13.2 Å². The fraction of sp³-hybridized carbons (Fsp3) is 0.533. The lowest BCUT2D eigenvalue weighted by Crippen LogP contribution is -2.03. The topological polar surface area (TPSA) is 55.8 Å². The van der Waals surface area contributed by atoms with Crippen molar-refractivity contribution < 1.29 is 19.4 Å². The van der Waals surface area contributed by atoms with Crippen molar-refractivity contribution in [1.82, 2.24) is 0 Å². The maximum atomic E-state index is 11.2. The van der Waals surface area contributed by atoms with Crippen LogP contribution in [0.25, 0.3) is 0 Å². The second kappa shape index (κ2) is 4.15. The maximum absolute atomic E-state index is 11.2. The van der Waals surface area contributed by atoms with Crippen LogP contribution in [0.3, 0.4) is 0 Å². The van der Waals surface area contributed by atoms with Crippen molar-refractivity contribution in [3.05, 3.63) is 23.8 Å². The van der Waals surface area contributed by atoms with Gasteiger partial charge in [0, 0.05) is 12.3 Å². The lowest BCUT2D eigenvalue weighted by atomic mass is 10.0. The Bertz CT molecular complexity index is 521. The normalized spacial score (nSPS) is 27.5. The Morgan fingerprint density at radius 2 is 1.95 bits per heavy atom. The molecule has 2 aliphatic rings. The molecule has 0 bridgehead atoms. The Labute approximate surface area is 112 Å². The van der Waals surface area contributed by atoms with Crippen molar-refractivity contribution in [1.29, 1.82) is 0 Å². The number of fused-ring (bicyclic) bond motifs is 1. The molecule has 102 valence electrons. The van der Waals surface area contributed by atoms with E-state index in [0.717, 1.165) is 23.5 Å². The summed E-state index contributed by atoms with van der Waals surface area (Å²) >= 11 is 0. The summed E-state index contributed by atoms with van der Waals surface area (Å²) in [5.41, 5.74) is 0.840. The predicted octanol–water partition coefficient (Wildman–Crippen LogP) is 2.67. The molecule has 0 spiro atoms. The SMILES string of the molecule is CC1(C)C(C(=O)O)C1c1ccc2c(c1)OCCCO2. The third kappa shape index (κ3) is 1.95. The van der Waals surface area contributed by atoms with E-state index in [-0.39, 0.29) is 17.3 Å². The number of aliphatic carboxylic acids is 1. The van der Waals surface area contributed by atoms with E-state index in [1.165, 1.54) is 0 Å². The first-order chi connectivity index (χ1) is 9.01. The van der Waals surface area contributed by atoms with Gasteiger partial charge in [0.1, 0.15) is 0 Å². The monoisotopic (exact) mass is 262 g/mol. The summed E-state index contributed by atoms with van der Waals surface area (Å²) in [6, 6.07) is 5.79. The number of carboxylic acid groups (broad SMARTS) is 1. The first-order valence-corrected chi connectivity index (χ1v) is 6.64. The maximum Gasteiger partial charge on any atom is 0.307 e. The van der Waals surface area contributed by atoms with Crippen LogP contribution in [-0.2, 0) is 4.79 Å². The Balaban J connectivity index is 1.91. The second-order valence-electron chi connectivity index (χ2n) is 5.87. The van der Waals surface area contributed by atoms with Gasteiger partial charge in [-0.2, -0.15) is 0 Å². The minimum Gasteiger partial charge on any atom is -0.490 e. The molecule has 3 rings (SSSR count). The summed E-state index contributed by atoms with van der Waals surface area (Å²) < 4.78 is 11.2. The van der Waals surface area contributed by atoms with Crippen LogP contribution in [0, 0.1) is 11.3 Å². The van der Waals surface area contributed by atoms with Crippen LogP contribution < -0.4 is 9.47 Å². The largest absolute Gasteiger partial charge is 0.490 e. The van der Waals surface area contributed by atoms with E-state index >= 15 is 0 Å². The van der Waals surface area contributed by atoms with Gasteiger partial charge >= 0.3 is 5.97 Å². The van der Waals surface area contributed by atoms with Crippen molar-refractivity contribution in [2.45, 2.75) is 26.2 Å². The summed E-state index contributed by atoms with van der Waals surface area (Å²) in [6.07, 6.45) is 0.872. The molecular formula is C15H18O4. The lowest BCUT2D eigenvalue weighted by Gasteiger charge is -2.10. The molecule has 1 aromatic carbocycles. The summed E-state index contributed by atoms with van der Waals surface area (Å²) in [4.78, 5) is 11.2. The number of hydrogen-bond donors (Lipinski definition) is 1. The Morgan fingerprint density at radius 3 is 2.58 bits per heavy atom. The third-order valence-electron chi connectivity index (χ3n) is 4.22. The fourth-order valence-corrected chi connectivity index (χ4v) is 3.09. The zero-order chi connectivity index (χ0) is 13.6. The number of ether oxygens (including phenoxy) is 2. The molecule has 4 heteroatoms. The standard InChI is InChI=1S/C15H18O4/c1-15(2)12(13(15)14(16)17)9-4-5-10-11(8-9)19-7-3-6-18-10/h4-5,8,12-13H,3,6-7H2,1-2H3,(H,16,17). The fourth-order valence-electron chi connectivity index (χ4n) is 3.09. The quantitative estimate of drug-likeness (QED) is 0.890. The Hall–Kier alpha value is -1.71. The molecule has 2 unspecified atom stereocenters. The van der Waals surface area contributed by atoms with E-state index in [9.17, 15) is 9.90 Å². The number of carbonyl (C=O) groups is 1. The van der Waals surface area contributed by atoms with Crippen molar-refractivity contribution >= 4 is 5.97 Å². The van der Waals surface area contributed by atoms with Crippen LogP contribution in [-0.4, -0.2) is 24.3 Å². The first-order valence-electron chi connectivity index (χ1n) is 6.64. The molecule has 0 aromatic heterocycles. The Morgan fingerprint density at radius 1 is 1.26 bits per heavy atom. The highest BCUT2D eigenvalue weighted by atomic mass is 16.5. The van der Waals surface area contributed by atoms with Gasteiger partial charge in [-0.1, -0.05) is 19.9 Å². The van der Waals surface area contributed by atoms with Crippen LogP contribution in [0.15, 0.2) is 18.2 Å². The van der Waals surface area contributed by atoms with Gasteiger partial charge in [0.25, 0.3) is 0 Å². The van der Waals surface area contributed by atoms with Gasteiger partial charge in [0.05, 0.1) is 19.1 Å². The smallest absolute Gasteiger partial charge is 0.307 e. The van der Waals surface area contributed by atoms with E-state index in [0.29, 0.717) is 13.2 Å². The summed E-state index contributed by atoms with van der Waals surface area (Å²) in [5.74, 6) is 0.523. The van der Waals surface area contributed by atoms with E-state index < -0.39 is 5.97 Å². The number of carboxylic acids is 1. The van der Waals surface area contributed by atoms with Crippen LogP contribution >= 0.6 is 0 Å². The zero-order valence-corrected chi connectivity index (χ0v) is 11.2. The minimum atomic E-state index is -0.720. The molecule has 1 aromatic rings. The highest BCUT2D eigenvalue weighted by molar-refractivity contribution is 5.77. The van der Waals surface area contributed by atoms with E-state index in [4.69, 9.17) is 9.47 Å². The van der Waals surface area contributed by atoms with Gasteiger partial charge in [-0.05, 0) is 23.1 Å². The third-order valence-corrected chi connectivity index (χ3v) is 4.22. The summed E-state index contributed by atoms with van der Waals surface area (Å²) in [7, 11) is 0. The van der Waals surface area contributed by atoms with Crippen molar-refractivity contribution in [3.63, 3.8) is 0 Å². The van der Waals surface area contributed by atoms with Gasteiger partial charge in [-0.3, -0.25) is 4.79 Å². The van der Waals surface area contributed by atoms with Crippen molar-refractivity contribution in [2.24, 2.45) is 11.3 Å². The van der Waals surface area contributed by atoms with Crippen LogP contribution in [0.4, 0.5) is 0 Å². The van der Waals surface area contributed by atoms with Gasteiger partial charge in [-0.25, -0.2) is 0 Å². The number of hydrogen-bond acceptors (Lipinski definition) is 3. The molecule has 1 heterocycles. The summed E-state index contributed by atoms with van der Waals surface area (Å²) in [5, 5.41) is 9.25. The average molecular weight is 262 g/mol. The molecule has 0 amide bonds. The minimum absolute atomic E-state index is 0.0575. The predicted molar refractivity (Wildman–Crippen MR) is 69.7 cm³/mol. The highest BCUT2D eigenvalue weighted by Crippen LogP contribution is 2.64. The van der Waals surface area contributed by atoms with E-state index in [1.54, 1.807) is 0 Å². The molecule has 1 aliphatic carbocycles. The van der Waals surface area contributed by atoms with Crippen LogP contribution in [0.5, 0.6) is 11.5 Å². The molecule has 4 nitrogen and oxygen atoms in total. The molecule has 1 N–H and O–H groups in total. The zero-order valence-electron chi connectivity index (χ0n) is 11.2. The molecule has 19 heavy (non-hydrogen) atoms. The van der Waals surface area contributed by atoms with E-state index in [1.807, 2.05) is 32.0 Å². The van der Waals surface area contributed by atoms with Crippen molar-refractivity contribution in [3.8, 4) is 11.5 Å². The first kappa shape index (κ1) is 12.3. The van der Waals surface area contributed by atoms with E-state index in [2.05, 4.69) is 0 Å². The molecule has 1 saturated carbocycles. The molecule has 1 fully saturated rings. The van der Waals surface area contributed by atoms with Gasteiger partial charge < -0.3 is 14.6 Å². The van der Waals surface area contributed by atoms with Gasteiger partial charge in [0.2, 0.25) is 0 Å². The van der Waals surface area contributed by atoms with Crippen LogP contribution in [0.2, 0.25) is 0 Å². The molecular weight excluding hydrogens is 244 g/mol. The molecule has 0 radical (unpaired) electrons. The molecule has 2 atom stereocenters. The van der Waals surface area contributed by atoms with Crippen LogP contribution in [0.1, 0.15) is 31.7 Å². The number of rotatable bonds is 2. The number of benzene rings is 1. The van der Waals surface area contributed by atoms with Gasteiger partial charge in [-0.15, -0.1) is 0 Å². The summed E-state index contributed by atoms with van der Waals surface area (Å²) in [6.45, 7) is 5.31. The Kier molecular flexibility index (Phi) is 2.69. The van der Waals surface area contributed by atoms with Gasteiger partial charge in [0.15, 0.2) is 11.5 Å². The molecule has 1 aliphatic heterocycles. The highest BCUT2D eigenvalue weighted by Gasteiger charge is 2.62. The lowest BCUT2D eigenvalue weighted by molar-refractivity contribution is -0.139.